The minimum absolute atomic E-state index is 0.0947. The van der Waals surface area contributed by atoms with E-state index in [4.69, 9.17) is 0 Å². The molecule has 2 aliphatic heterocycles. The predicted octanol–water partition coefficient (Wildman–Crippen LogP) is 4.57. The van der Waals surface area contributed by atoms with E-state index >= 15 is 0 Å². The number of hydrogen-bond donors (Lipinski definition) is 1. The summed E-state index contributed by atoms with van der Waals surface area (Å²) in [6.45, 7) is 4.81. The second kappa shape index (κ2) is 9.93. The van der Waals surface area contributed by atoms with Gasteiger partial charge in [-0.15, -0.1) is 0 Å². The van der Waals surface area contributed by atoms with Gasteiger partial charge < -0.3 is 10.2 Å². The molecule has 29 heavy (non-hydrogen) atoms. The highest BCUT2D eigenvalue weighted by atomic mass is 16.2. The van der Waals surface area contributed by atoms with Crippen molar-refractivity contribution < 1.29 is 4.79 Å². The Hall–Kier alpha value is -2.33. The Balaban J connectivity index is 1.20. The molecule has 0 atom stereocenters. The van der Waals surface area contributed by atoms with Gasteiger partial charge in [-0.2, -0.15) is 0 Å². The molecule has 0 aliphatic carbocycles. The summed E-state index contributed by atoms with van der Waals surface area (Å²) in [5, 5.41) is 3.07. The Bertz CT molecular complexity index is 760. The molecular formula is C25H33N3O. The molecule has 4 heteroatoms. The van der Waals surface area contributed by atoms with Crippen molar-refractivity contribution >= 4 is 17.3 Å². The Morgan fingerprint density at radius 3 is 2.24 bits per heavy atom. The van der Waals surface area contributed by atoms with Crippen molar-refractivity contribution in [2.45, 2.75) is 38.5 Å². The summed E-state index contributed by atoms with van der Waals surface area (Å²) in [4.78, 5) is 17.2. The largest absolute Gasteiger partial charge is 0.372 e. The van der Waals surface area contributed by atoms with E-state index in [1.54, 1.807) is 0 Å². The van der Waals surface area contributed by atoms with Crippen LogP contribution in [0.4, 0.5) is 11.4 Å². The first-order chi connectivity index (χ1) is 14.3. The molecule has 2 heterocycles. The number of benzene rings is 2. The van der Waals surface area contributed by atoms with Gasteiger partial charge in [0.1, 0.15) is 0 Å². The zero-order valence-electron chi connectivity index (χ0n) is 17.4. The second-order valence-electron chi connectivity index (χ2n) is 8.55. The van der Waals surface area contributed by atoms with Crippen molar-refractivity contribution in [2.24, 2.45) is 5.92 Å². The number of carbonyl (C=O) groups excluding carboxylic acids is 1. The number of carbonyl (C=O) groups is 1. The van der Waals surface area contributed by atoms with Crippen molar-refractivity contribution in [3.63, 3.8) is 0 Å². The first-order valence-electron chi connectivity index (χ1n) is 11.2. The maximum atomic E-state index is 12.5. The quantitative estimate of drug-likeness (QED) is 0.783. The van der Waals surface area contributed by atoms with Gasteiger partial charge in [0, 0.05) is 24.5 Å². The third-order valence-corrected chi connectivity index (χ3v) is 6.31. The zero-order chi connectivity index (χ0) is 19.9. The minimum atomic E-state index is 0.0947. The van der Waals surface area contributed by atoms with Gasteiger partial charge in [0.25, 0.3) is 0 Å². The molecule has 0 radical (unpaired) electrons. The van der Waals surface area contributed by atoms with Gasteiger partial charge in [0.05, 0.1) is 6.54 Å². The van der Waals surface area contributed by atoms with E-state index in [0.29, 0.717) is 6.54 Å². The lowest BCUT2D eigenvalue weighted by Gasteiger charge is -2.31. The molecule has 2 aromatic carbocycles. The van der Waals surface area contributed by atoms with Gasteiger partial charge in [-0.05, 0) is 87.4 Å². The topological polar surface area (TPSA) is 35.6 Å². The summed E-state index contributed by atoms with van der Waals surface area (Å²) < 4.78 is 0. The standard InChI is InChI=1S/C25H33N3O/c29-25(26-23-9-11-24(12-10-23)28-15-5-2-6-16-28)20-27-17-13-22(14-18-27)19-21-7-3-1-4-8-21/h1,3-4,7-12,22H,2,5-6,13-20H2,(H,26,29). The van der Waals surface area contributed by atoms with Crippen molar-refractivity contribution in [3.8, 4) is 0 Å². The average molecular weight is 392 g/mol. The molecule has 4 nitrogen and oxygen atoms in total. The normalized spacial score (nSPS) is 18.6. The molecule has 2 fully saturated rings. The fourth-order valence-corrected chi connectivity index (χ4v) is 4.61. The molecular weight excluding hydrogens is 358 g/mol. The first kappa shape index (κ1) is 20.0. The van der Waals surface area contributed by atoms with Crippen LogP contribution >= 0.6 is 0 Å². The number of likely N-dealkylation sites (tertiary alicyclic amines) is 1. The predicted molar refractivity (Wildman–Crippen MR) is 120 cm³/mol. The van der Waals surface area contributed by atoms with Crippen LogP contribution in [-0.2, 0) is 11.2 Å². The first-order valence-corrected chi connectivity index (χ1v) is 11.2. The number of piperidine rings is 2. The van der Waals surface area contributed by atoms with Gasteiger partial charge in [0.2, 0.25) is 5.91 Å². The summed E-state index contributed by atoms with van der Waals surface area (Å²) in [7, 11) is 0. The Morgan fingerprint density at radius 1 is 0.862 bits per heavy atom. The van der Waals surface area contributed by atoms with E-state index in [-0.39, 0.29) is 5.91 Å². The van der Waals surface area contributed by atoms with Crippen LogP contribution in [0.2, 0.25) is 0 Å². The molecule has 2 aliphatic rings. The number of rotatable bonds is 6. The third kappa shape index (κ3) is 5.83. The Kier molecular flexibility index (Phi) is 6.83. The van der Waals surface area contributed by atoms with E-state index in [1.165, 1.54) is 43.4 Å². The molecule has 1 amide bonds. The van der Waals surface area contributed by atoms with E-state index in [2.05, 4.69) is 57.6 Å². The van der Waals surface area contributed by atoms with Crippen molar-refractivity contribution in [1.29, 1.82) is 0 Å². The van der Waals surface area contributed by atoms with Crippen molar-refractivity contribution in [2.75, 3.05) is 42.9 Å². The SMILES string of the molecule is O=C(CN1CCC(Cc2ccccc2)CC1)Nc1ccc(N2CCCCC2)cc1. The lowest BCUT2D eigenvalue weighted by atomic mass is 9.90. The molecule has 0 spiro atoms. The Labute approximate surface area is 174 Å². The van der Waals surface area contributed by atoms with Gasteiger partial charge in [-0.3, -0.25) is 9.69 Å². The highest BCUT2D eigenvalue weighted by molar-refractivity contribution is 5.92. The van der Waals surface area contributed by atoms with Gasteiger partial charge >= 0.3 is 0 Å². The highest BCUT2D eigenvalue weighted by Crippen LogP contribution is 2.23. The van der Waals surface area contributed by atoms with Crippen LogP contribution in [0.1, 0.15) is 37.7 Å². The van der Waals surface area contributed by atoms with Crippen molar-refractivity contribution in [1.82, 2.24) is 4.90 Å². The molecule has 2 saturated heterocycles. The van der Waals surface area contributed by atoms with Crippen LogP contribution in [0, 0.1) is 5.92 Å². The monoisotopic (exact) mass is 391 g/mol. The maximum Gasteiger partial charge on any atom is 0.238 e. The summed E-state index contributed by atoms with van der Waals surface area (Å²) in [6.07, 6.45) is 7.40. The number of amides is 1. The number of nitrogens with one attached hydrogen (secondary N) is 1. The minimum Gasteiger partial charge on any atom is -0.372 e. The van der Waals surface area contributed by atoms with Gasteiger partial charge in [-0.25, -0.2) is 0 Å². The van der Waals surface area contributed by atoms with Crippen LogP contribution in [0.5, 0.6) is 0 Å². The molecule has 2 aromatic rings. The van der Waals surface area contributed by atoms with Crippen LogP contribution in [-0.4, -0.2) is 43.5 Å². The molecule has 0 bridgehead atoms. The smallest absolute Gasteiger partial charge is 0.238 e. The van der Waals surface area contributed by atoms with E-state index < -0.39 is 0 Å². The molecule has 0 unspecified atom stereocenters. The van der Waals surface area contributed by atoms with Crippen LogP contribution in [0.15, 0.2) is 54.6 Å². The fraction of sp³-hybridized carbons (Fsp3) is 0.480. The molecule has 4 rings (SSSR count). The number of hydrogen-bond acceptors (Lipinski definition) is 3. The number of anilines is 2. The molecule has 0 saturated carbocycles. The second-order valence-corrected chi connectivity index (χ2v) is 8.55. The molecule has 0 aromatic heterocycles. The lowest BCUT2D eigenvalue weighted by Crippen LogP contribution is -2.39. The Morgan fingerprint density at radius 2 is 1.55 bits per heavy atom. The van der Waals surface area contributed by atoms with Crippen LogP contribution in [0.25, 0.3) is 0 Å². The van der Waals surface area contributed by atoms with Crippen LogP contribution in [0.3, 0.4) is 0 Å². The average Bonchev–Trinajstić information content (AvgIpc) is 2.77. The summed E-state index contributed by atoms with van der Waals surface area (Å²) in [5.41, 5.74) is 3.59. The molecule has 1 N–H and O–H groups in total. The lowest BCUT2D eigenvalue weighted by molar-refractivity contribution is -0.117. The van der Waals surface area contributed by atoms with Gasteiger partial charge in [-0.1, -0.05) is 30.3 Å². The van der Waals surface area contributed by atoms with Crippen LogP contribution < -0.4 is 10.2 Å². The van der Waals surface area contributed by atoms with E-state index in [0.717, 1.165) is 44.2 Å². The summed E-state index contributed by atoms with van der Waals surface area (Å²) in [5.74, 6) is 0.830. The maximum absolute atomic E-state index is 12.5. The van der Waals surface area contributed by atoms with E-state index in [1.807, 2.05) is 12.1 Å². The van der Waals surface area contributed by atoms with E-state index in [9.17, 15) is 4.79 Å². The fourth-order valence-electron chi connectivity index (χ4n) is 4.61. The number of nitrogens with zero attached hydrogens (tertiary/aromatic N) is 2. The third-order valence-electron chi connectivity index (χ3n) is 6.31. The highest BCUT2D eigenvalue weighted by Gasteiger charge is 2.21. The van der Waals surface area contributed by atoms with Crippen molar-refractivity contribution in [3.05, 3.63) is 60.2 Å². The zero-order valence-corrected chi connectivity index (χ0v) is 17.4. The molecule has 154 valence electrons. The summed E-state index contributed by atoms with van der Waals surface area (Å²) in [6, 6.07) is 19.1. The summed E-state index contributed by atoms with van der Waals surface area (Å²) >= 11 is 0. The van der Waals surface area contributed by atoms with Gasteiger partial charge in [0.15, 0.2) is 0 Å².